The Kier molecular flexibility index (Phi) is 3.60. The Morgan fingerprint density at radius 3 is 2.67 bits per heavy atom. The molecule has 0 radical (unpaired) electrons. The highest BCUT2D eigenvalue weighted by molar-refractivity contribution is 6.06. The number of benzene rings is 2. The van der Waals surface area contributed by atoms with Crippen molar-refractivity contribution in [2.24, 2.45) is 0 Å². The van der Waals surface area contributed by atoms with Crippen molar-refractivity contribution >= 4 is 11.6 Å². The van der Waals surface area contributed by atoms with E-state index in [1.165, 1.54) is 0 Å². The number of hydrogen-bond acceptors (Lipinski definition) is 3. The van der Waals surface area contributed by atoms with Crippen LogP contribution in [-0.4, -0.2) is 19.2 Å². The molecule has 0 atom stereocenters. The van der Waals surface area contributed by atoms with Crippen LogP contribution in [0, 0.1) is 0 Å². The Morgan fingerprint density at radius 1 is 1.14 bits per heavy atom. The topological polar surface area (TPSA) is 38.8 Å². The predicted molar refractivity (Wildman–Crippen MR) is 80.9 cm³/mol. The van der Waals surface area contributed by atoms with E-state index in [-0.39, 0.29) is 12.7 Å². The Bertz CT molecular complexity index is 667. The van der Waals surface area contributed by atoms with Gasteiger partial charge in [-0.25, -0.2) is 0 Å². The third-order valence-corrected chi connectivity index (χ3v) is 3.24. The summed E-state index contributed by atoms with van der Waals surface area (Å²) in [6.07, 6.45) is 1.71. The van der Waals surface area contributed by atoms with Crippen molar-refractivity contribution < 1.29 is 14.3 Å². The number of fused-ring (bicyclic) bond motifs is 1. The van der Waals surface area contributed by atoms with Crippen LogP contribution in [0.1, 0.15) is 10.4 Å². The fraction of sp³-hybridized carbons (Fsp3) is 0.118. The SMILES string of the molecule is C=CCN(C(=O)c1ccc2c(c1)OCO2)c1ccccc1. The molecule has 4 heteroatoms. The second-order valence-corrected chi connectivity index (χ2v) is 4.61. The molecule has 0 unspecified atom stereocenters. The summed E-state index contributed by atoms with van der Waals surface area (Å²) in [5.74, 6) is 1.17. The molecule has 0 bridgehead atoms. The summed E-state index contributed by atoms with van der Waals surface area (Å²) in [4.78, 5) is 14.4. The Hall–Kier alpha value is -2.75. The third kappa shape index (κ3) is 2.60. The van der Waals surface area contributed by atoms with Crippen molar-refractivity contribution in [3.8, 4) is 11.5 Å². The first-order valence-electron chi connectivity index (χ1n) is 6.67. The minimum Gasteiger partial charge on any atom is -0.454 e. The number of hydrogen-bond donors (Lipinski definition) is 0. The Labute approximate surface area is 123 Å². The molecule has 2 aromatic carbocycles. The average molecular weight is 281 g/mol. The Morgan fingerprint density at radius 2 is 1.90 bits per heavy atom. The first-order valence-corrected chi connectivity index (χ1v) is 6.67. The molecule has 4 nitrogen and oxygen atoms in total. The van der Waals surface area contributed by atoms with Gasteiger partial charge in [-0.15, -0.1) is 6.58 Å². The lowest BCUT2D eigenvalue weighted by Gasteiger charge is -2.21. The molecule has 1 aliphatic rings. The molecule has 0 aliphatic carbocycles. The zero-order valence-corrected chi connectivity index (χ0v) is 11.5. The van der Waals surface area contributed by atoms with E-state index >= 15 is 0 Å². The zero-order valence-electron chi connectivity index (χ0n) is 11.5. The van der Waals surface area contributed by atoms with Crippen LogP contribution in [0.3, 0.4) is 0 Å². The molecule has 1 aliphatic heterocycles. The van der Waals surface area contributed by atoms with Crippen LogP contribution in [0.4, 0.5) is 5.69 Å². The molecule has 0 aromatic heterocycles. The van der Waals surface area contributed by atoms with Crippen LogP contribution in [0.15, 0.2) is 61.2 Å². The van der Waals surface area contributed by atoms with E-state index in [1.54, 1.807) is 29.2 Å². The minimum absolute atomic E-state index is 0.0978. The summed E-state index contributed by atoms with van der Waals surface area (Å²) in [7, 11) is 0. The normalized spacial score (nSPS) is 12.0. The molecule has 2 aromatic rings. The second-order valence-electron chi connectivity index (χ2n) is 4.61. The molecule has 0 spiro atoms. The summed E-state index contributed by atoms with van der Waals surface area (Å²) in [5, 5.41) is 0. The number of anilines is 1. The van der Waals surface area contributed by atoms with Gasteiger partial charge < -0.3 is 14.4 Å². The fourth-order valence-corrected chi connectivity index (χ4v) is 2.23. The highest BCUT2D eigenvalue weighted by Gasteiger charge is 2.20. The lowest BCUT2D eigenvalue weighted by molar-refractivity contribution is 0.0989. The smallest absolute Gasteiger partial charge is 0.258 e. The van der Waals surface area contributed by atoms with E-state index in [0.29, 0.717) is 23.6 Å². The standard InChI is InChI=1S/C17H15NO3/c1-2-10-18(14-6-4-3-5-7-14)17(19)13-8-9-15-16(11-13)21-12-20-15/h2-9,11H,1,10,12H2. The van der Waals surface area contributed by atoms with E-state index in [4.69, 9.17) is 9.47 Å². The van der Waals surface area contributed by atoms with E-state index in [1.807, 2.05) is 30.3 Å². The molecule has 0 fully saturated rings. The van der Waals surface area contributed by atoms with Gasteiger partial charge in [-0.2, -0.15) is 0 Å². The van der Waals surface area contributed by atoms with Gasteiger partial charge >= 0.3 is 0 Å². The van der Waals surface area contributed by atoms with Crippen LogP contribution in [0.2, 0.25) is 0 Å². The van der Waals surface area contributed by atoms with Crippen LogP contribution in [0.5, 0.6) is 11.5 Å². The lowest BCUT2D eigenvalue weighted by Crippen LogP contribution is -2.30. The van der Waals surface area contributed by atoms with E-state index in [2.05, 4.69) is 6.58 Å². The Balaban J connectivity index is 1.92. The number of carbonyl (C=O) groups is 1. The van der Waals surface area contributed by atoms with Crippen molar-refractivity contribution in [3.63, 3.8) is 0 Å². The maximum Gasteiger partial charge on any atom is 0.258 e. The van der Waals surface area contributed by atoms with Gasteiger partial charge in [-0.3, -0.25) is 4.79 Å². The quantitative estimate of drug-likeness (QED) is 0.807. The van der Waals surface area contributed by atoms with Crippen LogP contribution < -0.4 is 14.4 Å². The van der Waals surface area contributed by atoms with Gasteiger partial charge in [-0.1, -0.05) is 24.3 Å². The molecule has 0 N–H and O–H groups in total. The van der Waals surface area contributed by atoms with Crippen molar-refractivity contribution in [1.29, 1.82) is 0 Å². The van der Waals surface area contributed by atoms with Crippen molar-refractivity contribution in [3.05, 3.63) is 66.7 Å². The zero-order chi connectivity index (χ0) is 14.7. The fourth-order valence-electron chi connectivity index (χ4n) is 2.23. The number of amides is 1. The highest BCUT2D eigenvalue weighted by Crippen LogP contribution is 2.33. The predicted octanol–water partition coefficient (Wildman–Crippen LogP) is 3.25. The average Bonchev–Trinajstić information content (AvgIpc) is 3.00. The van der Waals surface area contributed by atoms with Gasteiger partial charge in [0.15, 0.2) is 11.5 Å². The molecule has 21 heavy (non-hydrogen) atoms. The van der Waals surface area contributed by atoms with Gasteiger partial charge in [0.1, 0.15) is 0 Å². The molecule has 1 heterocycles. The van der Waals surface area contributed by atoms with E-state index in [9.17, 15) is 4.79 Å². The van der Waals surface area contributed by atoms with Crippen LogP contribution in [-0.2, 0) is 0 Å². The lowest BCUT2D eigenvalue weighted by atomic mass is 10.1. The van der Waals surface area contributed by atoms with Crippen molar-refractivity contribution in [2.45, 2.75) is 0 Å². The van der Waals surface area contributed by atoms with Crippen LogP contribution >= 0.6 is 0 Å². The first-order chi connectivity index (χ1) is 10.3. The molecule has 0 saturated heterocycles. The third-order valence-electron chi connectivity index (χ3n) is 3.24. The molecule has 3 rings (SSSR count). The number of carbonyl (C=O) groups excluding carboxylic acids is 1. The molecular weight excluding hydrogens is 266 g/mol. The summed E-state index contributed by atoms with van der Waals surface area (Å²) in [6, 6.07) is 14.7. The number of rotatable bonds is 4. The summed E-state index contributed by atoms with van der Waals surface area (Å²) in [5.41, 5.74) is 1.39. The van der Waals surface area contributed by atoms with Gasteiger partial charge in [0.25, 0.3) is 5.91 Å². The maximum atomic E-state index is 12.7. The minimum atomic E-state index is -0.0978. The van der Waals surface area contributed by atoms with E-state index in [0.717, 1.165) is 5.69 Å². The number of nitrogens with zero attached hydrogens (tertiary/aromatic N) is 1. The first kappa shape index (κ1) is 13.2. The monoisotopic (exact) mass is 281 g/mol. The summed E-state index contributed by atoms with van der Waals surface area (Å²) >= 11 is 0. The number of ether oxygens (including phenoxy) is 2. The van der Waals surface area contributed by atoms with E-state index < -0.39 is 0 Å². The molecule has 106 valence electrons. The van der Waals surface area contributed by atoms with Crippen molar-refractivity contribution in [2.75, 3.05) is 18.2 Å². The molecule has 0 saturated carbocycles. The summed E-state index contributed by atoms with van der Waals surface area (Å²) < 4.78 is 10.6. The molecular formula is C17H15NO3. The largest absolute Gasteiger partial charge is 0.454 e. The van der Waals surface area contributed by atoms with Gasteiger partial charge in [0.2, 0.25) is 6.79 Å². The van der Waals surface area contributed by atoms with Crippen molar-refractivity contribution in [1.82, 2.24) is 0 Å². The molecule has 1 amide bonds. The van der Waals surface area contributed by atoms with Gasteiger partial charge in [0, 0.05) is 17.8 Å². The van der Waals surface area contributed by atoms with Gasteiger partial charge in [0.05, 0.1) is 0 Å². The second kappa shape index (κ2) is 5.71. The van der Waals surface area contributed by atoms with Gasteiger partial charge in [-0.05, 0) is 30.3 Å². The summed E-state index contributed by atoms with van der Waals surface area (Å²) in [6.45, 7) is 4.36. The number of para-hydroxylation sites is 1. The maximum absolute atomic E-state index is 12.7. The highest BCUT2D eigenvalue weighted by atomic mass is 16.7. The van der Waals surface area contributed by atoms with Crippen LogP contribution in [0.25, 0.3) is 0 Å².